The van der Waals surface area contributed by atoms with E-state index >= 15 is 0 Å². The molecule has 4 rings (SSSR count). The number of likely N-dealkylation sites (tertiary alicyclic amines) is 1. The summed E-state index contributed by atoms with van der Waals surface area (Å²) in [6, 6.07) is 14.7. The minimum atomic E-state index is -0.293. The molecule has 0 atom stereocenters. The van der Waals surface area contributed by atoms with Crippen LogP contribution < -0.4 is 0 Å². The van der Waals surface area contributed by atoms with Gasteiger partial charge in [0, 0.05) is 42.6 Å². The Hall–Kier alpha value is -2.62. The fraction of sp³-hybridized carbons (Fsp3) is 0.286. The number of nitrogens with zero attached hydrogens (tertiary/aromatic N) is 1. The van der Waals surface area contributed by atoms with Crippen molar-refractivity contribution in [3.05, 3.63) is 59.9 Å². The average Bonchev–Trinajstić information content (AvgIpc) is 3.01. The van der Waals surface area contributed by atoms with Crippen LogP contribution in [0.4, 0.5) is 4.39 Å². The molecule has 0 spiro atoms. The molecule has 1 amide bonds. The number of furan rings is 1. The maximum Gasteiger partial charge on any atom is 0.219 e. The number of halogens is 1. The van der Waals surface area contributed by atoms with Crippen molar-refractivity contribution in [1.29, 1.82) is 0 Å². The van der Waals surface area contributed by atoms with Gasteiger partial charge in [-0.25, -0.2) is 4.39 Å². The number of rotatable bonds is 2. The number of fused-ring (bicyclic) bond motifs is 1. The Balaban J connectivity index is 1.80. The number of piperidine rings is 1. The van der Waals surface area contributed by atoms with Gasteiger partial charge in [0.1, 0.15) is 17.2 Å². The lowest BCUT2D eigenvalue weighted by Crippen LogP contribution is -2.36. The van der Waals surface area contributed by atoms with Crippen LogP contribution in [0, 0.1) is 5.82 Å². The summed E-state index contributed by atoms with van der Waals surface area (Å²) >= 11 is 0. The van der Waals surface area contributed by atoms with Crippen molar-refractivity contribution in [2.24, 2.45) is 0 Å². The van der Waals surface area contributed by atoms with Crippen LogP contribution in [0.2, 0.25) is 0 Å². The van der Waals surface area contributed by atoms with E-state index in [2.05, 4.69) is 0 Å². The third-order valence-corrected chi connectivity index (χ3v) is 5.07. The van der Waals surface area contributed by atoms with Crippen molar-refractivity contribution in [2.75, 3.05) is 13.1 Å². The highest BCUT2D eigenvalue weighted by Crippen LogP contribution is 2.42. The molecule has 3 aromatic rings. The van der Waals surface area contributed by atoms with Crippen LogP contribution in [0.5, 0.6) is 0 Å². The second-order valence-corrected chi connectivity index (χ2v) is 6.63. The van der Waals surface area contributed by atoms with Gasteiger partial charge in [0.15, 0.2) is 0 Å². The Labute approximate surface area is 146 Å². The van der Waals surface area contributed by atoms with E-state index in [4.69, 9.17) is 4.42 Å². The van der Waals surface area contributed by atoms with Crippen molar-refractivity contribution >= 4 is 16.9 Å². The molecule has 1 aromatic heterocycles. The van der Waals surface area contributed by atoms with Crippen molar-refractivity contribution in [3.63, 3.8) is 0 Å². The van der Waals surface area contributed by atoms with E-state index in [9.17, 15) is 9.18 Å². The quantitative estimate of drug-likeness (QED) is 0.662. The molecule has 0 saturated carbocycles. The lowest BCUT2D eigenvalue weighted by atomic mass is 9.86. The summed E-state index contributed by atoms with van der Waals surface area (Å²) in [5.74, 6) is 0.958. The Morgan fingerprint density at radius 2 is 1.84 bits per heavy atom. The van der Waals surface area contributed by atoms with Crippen LogP contribution in [0.15, 0.2) is 52.9 Å². The minimum absolute atomic E-state index is 0.126. The van der Waals surface area contributed by atoms with Crippen molar-refractivity contribution < 1.29 is 13.6 Å². The molecule has 0 N–H and O–H groups in total. The van der Waals surface area contributed by atoms with Gasteiger partial charge in [0.05, 0.1) is 0 Å². The third kappa shape index (κ3) is 2.93. The van der Waals surface area contributed by atoms with Crippen molar-refractivity contribution in [3.8, 4) is 11.3 Å². The van der Waals surface area contributed by atoms with Crippen molar-refractivity contribution in [1.82, 2.24) is 4.90 Å². The molecule has 1 aliphatic heterocycles. The number of carbonyl (C=O) groups is 1. The maximum absolute atomic E-state index is 13.7. The lowest BCUT2D eigenvalue weighted by molar-refractivity contribution is -0.129. The summed E-state index contributed by atoms with van der Waals surface area (Å²) in [5, 5.41) is 0.974. The Kier molecular flexibility index (Phi) is 4.04. The minimum Gasteiger partial charge on any atom is -0.456 e. The van der Waals surface area contributed by atoms with Gasteiger partial charge in [-0.2, -0.15) is 0 Å². The van der Waals surface area contributed by atoms with Crippen LogP contribution in [-0.4, -0.2) is 23.9 Å². The summed E-state index contributed by atoms with van der Waals surface area (Å²) in [6.07, 6.45) is 1.79. The lowest BCUT2D eigenvalue weighted by Gasteiger charge is -2.31. The van der Waals surface area contributed by atoms with E-state index in [-0.39, 0.29) is 11.7 Å². The monoisotopic (exact) mass is 337 g/mol. The molecule has 3 nitrogen and oxygen atoms in total. The number of amides is 1. The topological polar surface area (TPSA) is 33.5 Å². The first-order chi connectivity index (χ1) is 12.1. The Morgan fingerprint density at radius 3 is 2.52 bits per heavy atom. The van der Waals surface area contributed by atoms with E-state index in [0.717, 1.165) is 48.2 Å². The molecule has 4 heteroatoms. The number of hydrogen-bond acceptors (Lipinski definition) is 2. The zero-order chi connectivity index (χ0) is 17.4. The number of hydrogen-bond donors (Lipinski definition) is 0. The maximum atomic E-state index is 13.7. The van der Waals surface area contributed by atoms with Crippen LogP contribution >= 0.6 is 0 Å². The summed E-state index contributed by atoms with van der Waals surface area (Å²) in [5.41, 5.74) is 2.73. The van der Waals surface area contributed by atoms with Crippen LogP contribution in [0.1, 0.15) is 31.2 Å². The van der Waals surface area contributed by atoms with E-state index < -0.39 is 0 Å². The highest BCUT2D eigenvalue weighted by Gasteiger charge is 2.28. The highest BCUT2D eigenvalue weighted by atomic mass is 19.1. The molecule has 2 aromatic carbocycles. The van der Waals surface area contributed by atoms with Crippen LogP contribution in [0.3, 0.4) is 0 Å². The fourth-order valence-electron chi connectivity index (χ4n) is 3.78. The van der Waals surface area contributed by atoms with Gasteiger partial charge in [-0.05, 0) is 30.9 Å². The smallest absolute Gasteiger partial charge is 0.219 e. The van der Waals surface area contributed by atoms with E-state index in [1.807, 2.05) is 41.3 Å². The van der Waals surface area contributed by atoms with Gasteiger partial charge in [-0.3, -0.25) is 4.79 Å². The van der Waals surface area contributed by atoms with Gasteiger partial charge in [0.25, 0.3) is 0 Å². The number of benzene rings is 2. The normalized spacial score (nSPS) is 15.7. The second kappa shape index (κ2) is 6.36. The molecule has 1 aliphatic rings. The zero-order valence-corrected chi connectivity index (χ0v) is 14.2. The molecular weight excluding hydrogens is 317 g/mol. The first-order valence-electron chi connectivity index (χ1n) is 8.66. The zero-order valence-electron chi connectivity index (χ0n) is 14.2. The van der Waals surface area contributed by atoms with Gasteiger partial charge in [0.2, 0.25) is 5.91 Å². The highest BCUT2D eigenvalue weighted by molar-refractivity contribution is 5.88. The molecule has 0 aliphatic carbocycles. The van der Waals surface area contributed by atoms with Gasteiger partial charge in [-0.15, -0.1) is 0 Å². The predicted octanol–water partition coefficient (Wildman–Crippen LogP) is 4.96. The largest absolute Gasteiger partial charge is 0.456 e. The van der Waals surface area contributed by atoms with Crippen LogP contribution in [-0.2, 0) is 4.79 Å². The Bertz CT molecular complexity index is 908. The van der Waals surface area contributed by atoms with E-state index in [1.165, 1.54) is 12.1 Å². The molecule has 1 saturated heterocycles. The predicted molar refractivity (Wildman–Crippen MR) is 95.8 cm³/mol. The van der Waals surface area contributed by atoms with Crippen molar-refractivity contribution in [2.45, 2.75) is 25.7 Å². The van der Waals surface area contributed by atoms with E-state index in [1.54, 1.807) is 6.92 Å². The first kappa shape index (κ1) is 15.9. The fourth-order valence-corrected chi connectivity index (χ4v) is 3.78. The average molecular weight is 337 g/mol. The molecule has 2 heterocycles. The Morgan fingerprint density at radius 1 is 1.12 bits per heavy atom. The van der Waals surface area contributed by atoms with E-state index in [0.29, 0.717) is 11.5 Å². The standard InChI is InChI=1S/C21H20FNO2/c1-14(24)23-11-9-15(10-12-23)20-18-8-7-17(22)13-19(18)25-21(20)16-5-3-2-4-6-16/h2-8,13,15H,9-12H2,1H3. The van der Waals surface area contributed by atoms with Crippen LogP contribution in [0.25, 0.3) is 22.3 Å². The SMILES string of the molecule is CC(=O)N1CCC(c2c(-c3ccccc3)oc3cc(F)ccc23)CC1. The third-order valence-electron chi connectivity index (χ3n) is 5.07. The molecule has 128 valence electrons. The summed E-state index contributed by atoms with van der Waals surface area (Å²) in [7, 11) is 0. The molecule has 0 radical (unpaired) electrons. The summed E-state index contributed by atoms with van der Waals surface area (Å²) in [6.45, 7) is 3.12. The molecule has 1 fully saturated rings. The first-order valence-corrected chi connectivity index (χ1v) is 8.66. The molecule has 0 bridgehead atoms. The molecule has 0 unspecified atom stereocenters. The summed E-state index contributed by atoms with van der Waals surface area (Å²) in [4.78, 5) is 13.5. The summed E-state index contributed by atoms with van der Waals surface area (Å²) < 4.78 is 19.7. The molecular formula is C21H20FNO2. The second-order valence-electron chi connectivity index (χ2n) is 6.63. The van der Waals surface area contributed by atoms with Gasteiger partial charge >= 0.3 is 0 Å². The van der Waals surface area contributed by atoms with Gasteiger partial charge < -0.3 is 9.32 Å². The molecule has 25 heavy (non-hydrogen) atoms. The number of carbonyl (C=O) groups excluding carboxylic acids is 1. The van der Waals surface area contributed by atoms with Gasteiger partial charge in [-0.1, -0.05) is 30.3 Å².